The van der Waals surface area contributed by atoms with Gasteiger partial charge in [0.2, 0.25) is 10.0 Å². The zero-order valence-electron chi connectivity index (χ0n) is 13.9. The van der Waals surface area contributed by atoms with Crippen LogP contribution in [0.1, 0.15) is 17.5 Å². The van der Waals surface area contributed by atoms with Crippen LogP contribution in [0, 0.1) is 0 Å². The average molecular weight is 360 g/mol. The van der Waals surface area contributed by atoms with Crippen molar-refractivity contribution in [3.8, 4) is 0 Å². The van der Waals surface area contributed by atoms with E-state index in [0.717, 1.165) is 24.0 Å². The van der Waals surface area contributed by atoms with Crippen LogP contribution >= 0.6 is 0 Å². The van der Waals surface area contributed by atoms with Gasteiger partial charge in [-0.05, 0) is 36.1 Å². The summed E-state index contributed by atoms with van der Waals surface area (Å²) in [6.07, 6.45) is 2.22. The van der Waals surface area contributed by atoms with Gasteiger partial charge in [-0.25, -0.2) is 13.2 Å². The second-order valence-corrected chi connectivity index (χ2v) is 7.88. The zero-order valence-corrected chi connectivity index (χ0v) is 14.8. The number of nitrogens with one attached hydrogen (secondary N) is 1. The SMILES string of the molecule is CS(=O)(=O)N1CCCc2ccc(NC(=O)OCc3ccccc3)cc21. The Kier molecular flexibility index (Phi) is 4.94. The predicted octanol–water partition coefficient (Wildman–Crippen LogP) is 3.15. The number of fused-ring (bicyclic) bond motifs is 1. The molecule has 0 unspecified atom stereocenters. The summed E-state index contributed by atoms with van der Waals surface area (Å²) in [6, 6.07) is 14.7. The van der Waals surface area contributed by atoms with Gasteiger partial charge in [-0.3, -0.25) is 9.62 Å². The van der Waals surface area contributed by atoms with Crippen LogP contribution in [0.15, 0.2) is 48.5 Å². The van der Waals surface area contributed by atoms with Crippen molar-refractivity contribution in [1.29, 1.82) is 0 Å². The molecule has 0 bridgehead atoms. The Morgan fingerprint density at radius 2 is 1.96 bits per heavy atom. The summed E-state index contributed by atoms with van der Waals surface area (Å²) in [5.74, 6) is 0. The number of nitrogens with zero attached hydrogens (tertiary/aromatic N) is 1. The molecule has 0 fully saturated rings. The molecule has 0 saturated carbocycles. The maximum atomic E-state index is 12.0. The van der Waals surface area contributed by atoms with E-state index in [9.17, 15) is 13.2 Å². The smallest absolute Gasteiger partial charge is 0.411 e. The van der Waals surface area contributed by atoms with Crippen molar-refractivity contribution in [3.05, 3.63) is 59.7 Å². The monoisotopic (exact) mass is 360 g/mol. The van der Waals surface area contributed by atoms with Gasteiger partial charge in [0, 0.05) is 12.2 Å². The molecule has 3 rings (SSSR count). The molecule has 1 N–H and O–H groups in total. The number of sulfonamides is 1. The Labute approximate surface area is 147 Å². The number of hydrogen-bond donors (Lipinski definition) is 1. The summed E-state index contributed by atoms with van der Waals surface area (Å²) in [7, 11) is -3.34. The van der Waals surface area contributed by atoms with Crippen molar-refractivity contribution in [2.45, 2.75) is 19.4 Å². The molecule has 0 spiro atoms. The Morgan fingerprint density at radius 1 is 1.20 bits per heavy atom. The second-order valence-electron chi connectivity index (χ2n) is 5.97. The molecule has 0 aromatic heterocycles. The van der Waals surface area contributed by atoms with Gasteiger partial charge in [-0.2, -0.15) is 0 Å². The van der Waals surface area contributed by atoms with E-state index in [1.165, 1.54) is 10.6 Å². The molecule has 0 aliphatic carbocycles. The topological polar surface area (TPSA) is 75.7 Å². The van der Waals surface area contributed by atoms with Gasteiger partial charge in [-0.1, -0.05) is 36.4 Å². The Hall–Kier alpha value is -2.54. The van der Waals surface area contributed by atoms with Gasteiger partial charge in [0.05, 0.1) is 11.9 Å². The van der Waals surface area contributed by atoms with E-state index in [2.05, 4.69) is 5.32 Å². The van der Waals surface area contributed by atoms with E-state index < -0.39 is 16.1 Å². The molecule has 25 heavy (non-hydrogen) atoms. The first-order valence-corrected chi connectivity index (χ1v) is 9.87. The van der Waals surface area contributed by atoms with Crippen LogP contribution in [0.5, 0.6) is 0 Å². The Balaban J connectivity index is 1.70. The molecule has 1 aliphatic heterocycles. The number of anilines is 2. The quantitative estimate of drug-likeness (QED) is 0.909. The number of ether oxygens (including phenoxy) is 1. The molecule has 0 radical (unpaired) electrons. The van der Waals surface area contributed by atoms with Gasteiger partial charge >= 0.3 is 6.09 Å². The van der Waals surface area contributed by atoms with Crippen LogP contribution in [0.3, 0.4) is 0 Å². The minimum Gasteiger partial charge on any atom is -0.444 e. The first-order chi connectivity index (χ1) is 11.9. The molecule has 7 heteroatoms. The molecule has 0 atom stereocenters. The lowest BCUT2D eigenvalue weighted by Crippen LogP contribution is -2.34. The normalized spacial score (nSPS) is 13.9. The number of aryl methyl sites for hydroxylation is 1. The van der Waals surface area contributed by atoms with Gasteiger partial charge < -0.3 is 4.74 Å². The Bertz CT molecular complexity index is 866. The molecule has 132 valence electrons. The molecular weight excluding hydrogens is 340 g/mol. The maximum Gasteiger partial charge on any atom is 0.411 e. The third-order valence-electron chi connectivity index (χ3n) is 4.02. The molecule has 1 aliphatic rings. The standard InChI is InChI=1S/C18H20N2O4S/c1-25(22,23)20-11-5-8-15-9-10-16(12-17(15)20)19-18(21)24-13-14-6-3-2-4-7-14/h2-4,6-7,9-10,12H,5,8,11,13H2,1H3,(H,19,21). The van der Waals surface area contributed by atoms with Crippen LogP contribution in [-0.2, 0) is 27.8 Å². The van der Waals surface area contributed by atoms with Crippen molar-refractivity contribution < 1.29 is 17.9 Å². The molecular formula is C18H20N2O4S. The number of benzene rings is 2. The minimum atomic E-state index is -3.34. The fourth-order valence-corrected chi connectivity index (χ4v) is 3.83. The number of rotatable bonds is 4. The molecule has 1 amide bonds. The number of carbonyl (C=O) groups excluding carboxylic acids is 1. The van der Waals surface area contributed by atoms with Crippen LogP contribution in [-0.4, -0.2) is 27.3 Å². The fraction of sp³-hybridized carbons (Fsp3) is 0.278. The first kappa shape index (κ1) is 17.3. The summed E-state index contributed by atoms with van der Waals surface area (Å²) < 4.78 is 30.5. The third-order valence-corrected chi connectivity index (χ3v) is 5.20. The summed E-state index contributed by atoms with van der Waals surface area (Å²) in [5.41, 5.74) is 2.98. The highest BCUT2D eigenvalue weighted by atomic mass is 32.2. The van der Waals surface area contributed by atoms with E-state index >= 15 is 0 Å². The van der Waals surface area contributed by atoms with E-state index in [0.29, 0.717) is 17.9 Å². The molecule has 6 nitrogen and oxygen atoms in total. The van der Waals surface area contributed by atoms with Crippen molar-refractivity contribution in [1.82, 2.24) is 0 Å². The number of carbonyl (C=O) groups is 1. The number of hydrogen-bond acceptors (Lipinski definition) is 4. The molecule has 0 saturated heterocycles. The molecule has 1 heterocycles. The van der Waals surface area contributed by atoms with E-state index in [4.69, 9.17) is 4.74 Å². The minimum absolute atomic E-state index is 0.174. The van der Waals surface area contributed by atoms with E-state index in [1.54, 1.807) is 12.1 Å². The molecule has 2 aromatic carbocycles. The van der Waals surface area contributed by atoms with E-state index in [-0.39, 0.29) is 6.61 Å². The summed E-state index contributed by atoms with van der Waals surface area (Å²) >= 11 is 0. The number of amides is 1. The van der Waals surface area contributed by atoms with Crippen molar-refractivity contribution in [3.63, 3.8) is 0 Å². The second kappa shape index (κ2) is 7.14. The van der Waals surface area contributed by atoms with Crippen LogP contribution in [0.25, 0.3) is 0 Å². The lowest BCUT2D eigenvalue weighted by molar-refractivity contribution is 0.155. The highest BCUT2D eigenvalue weighted by Crippen LogP contribution is 2.31. The zero-order chi connectivity index (χ0) is 17.9. The first-order valence-electron chi connectivity index (χ1n) is 8.02. The van der Waals surface area contributed by atoms with Gasteiger partial charge in [0.1, 0.15) is 6.61 Å². The lowest BCUT2D eigenvalue weighted by atomic mass is 10.0. The summed E-state index contributed by atoms with van der Waals surface area (Å²) in [5, 5.41) is 2.65. The summed E-state index contributed by atoms with van der Waals surface area (Å²) in [6.45, 7) is 0.626. The average Bonchev–Trinajstić information content (AvgIpc) is 2.59. The Morgan fingerprint density at radius 3 is 2.68 bits per heavy atom. The van der Waals surface area contributed by atoms with Crippen LogP contribution < -0.4 is 9.62 Å². The van der Waals surface area contributed by atoms with Crippen molar-refractivity contribution in [2.75, 3.05) is 22.4 Å². The fourth-order valence-electron chi connectivity index (χ4n) is 2.84. The van der Waals surface area contributed by atoms with Crippen LogP contribution in [0.4, 0.5) is 16.2 Å². The van der Waals surface area contributed by atoms with Gasteiger partial charge in [-0.15, -0.1) is 0 Å². The maximum absolute atomic E-state index is 12.0. The van der Waals surface area contributed by atoms with Gasteiger partial charge in [0.15, 0.2) is 0 Å². The van der Waals surface area contributed by atoms with Crippen molar-refractivity contribution in [2.24, 2.45) is 0 Å². The lowest BCUT2D eigenvalue weighted by Gasteiger charge is -2.29. The van der Waals surface area contributed by atoms with Crippen LogP contribution in [0.2, 0.25) is 0 Å². The third kappa shape index (κ3) is 4.30. The highest BCUT2D eigenvalue weighted by Gasteiger charge is 2.24. The predicted molar refractivity (Wildman–Crippen MR) is 97.2 cm³/mol. The molecule has 2 aromatic rings. The van der Waals surface area contributed by atoms with Gasteiger partial charge in [0.25, 0.3) is 0 Å². The largest absolute Gasteiger partial charge is 0.444 e. The van der Waals surface area contributed by atoms with E-state index in [1.807, 2.05) is 36.4 Å². The summed E-state index contributed by atoms with van der Waals surface area (Å²) in [4.78, 5) is 12.0. The van der Waals surface area contributed by atoms with Crippen molar-refractivity contribution >= 4 is 27.5 Å². The highest BCUT2D eigenvalue weighted by molar-refractivity contribution is 7.92.